The van der Waals surface area contributed by atoms with Crippen molar-refractivity contribution in [1.82, 2.24) is 5.32 Å². The summed E-state index contributed by atoms with van der Waals surface area (Å²) in [6.07, 6.45) is 4.67. The first-order valence-corrected chi connectivity index (χ1v) is 5.89. The summed E-state index contributed by atoms with van der Waals surface area (Å²) < 4.78 is 0. The third kappa shape index (κ3) is 2.97. The van der Waals surface area contributed by atoms with Gasteiger partial charge in [-0.15, -0.1) is 0 Å². The highest BCUT2D eigenvalue weighted by atomic mass is 16.4. The zero-order valence-electron chi connectivity index (χ0n) is 10.1. The quantitative estimate of drug-likeness (QED) is 0.797. The Balaban J connectivity index is 2.22. The number of benzene rings is 1. The molecule has 4 nitrogen and oxygen atoms in total. The van der Waals surface area contributed by atoms with Crippen molar-refractivity contribution < 1.29 is 14.7 Å². The first-order chi connectivity index (χ1) is 8.58. The van der Waals surface area contributed by atoms with Crippen LogP contribution in [-0.2, 0) is 4.79 Å². The second kappa shape index (κ2) is 5.04. The summed E-state index contributed by atoms with van der Waals surface area (Å²) in [4.78, 5) is 22.4. The summed E-state index contributed by atoms with van der Waals surface area (Å²) in [6.45, 7) is 1.82. The number of hydrogen-bond donors (Lipinski definition) is 2. The number of aliphatic carboxylic acids is 1. The molecule has 2 N–H and O–H groups in total. The van der Waals surface area contributed by atoms with Crippen LogP contribution in [0.4, 0.5) is 0 Å². The molecular weight excluding hydrogens is 230 g/mol. The van der Waals surface area contributed by atoms with Crippen molar-refractivity contribution >= 4 is 18.0 Å². The van der Waals surface area contributed by atoms with E-state index in [0.717, 1.165) is 30.0 Å². The van der Waals surface area contributed by atoms with Crippen LogP contribution in [0.15, 0.2) is 24.3 Å². The van der Waals surface area contributed by atoms with Gasteiger partial charge in [-0.25, -0.2) is 4.79 Å². The lowest BCUT2D eigenvalue weighted by Gasteiger charge is -2.08. The second-order valence-corrected chi connectivity index (χ2v) is 4.44. The SMILES string of the molecule is Cc1c(C=CC(=O)O)cccc1C(=O)NC1CC1. The Bertz CT molecular complexity index is 516. The van der Waals surface area contributed by atoms with Crippen LogP contribution in [0, 0.1) is 6.92 Å². The maximum Gasteiger partial charge on any atom is 0.328 e. The molecule has 94 valence electrons. The minimum Gasteiger partial charge on any atom is -0.478 e. The number of carbonyl (C=O) groups is 2. The Kier molecular flexibility index (Phi) is 3.46. The van der Waals surface area contributed by atoms with Crippen LogP contribution in [0.1, 0.15) is 34.3 Å². The van der Waals surface area contributed by atoms with Gasteiger partial charge < -0.3 is 10.4 Å². The van der Waals surface area contributed by atoms with Gasteiger partial charge in [-0.2, -0.15) is 0 Å². The van der Waals surface area contributed by atoms with E-state index in [1.165, 1.54) is 6.08 Å². The molecule has 0 heterocycles. The van der Waals surface area contributed by atoms with E-state index in [9.17, 15) is 9.59 Å². The first-order valence-electron chi connectivity index (χ1n) is 5.89. The largest absolute Gasteiger partial charge is 0.478 e. The first kappa shape index (κ1) is 12.4. The van der Waals surface area contributed by atoms with Gasteiger partial charge in [0.1, 0.15) is 0 Å². The second-order valence-electron chi connectivity index (χ2n) is 4.44. The molecule has 1 aromatic carbocycles. The van der Waals surface area contributed by atoms with E-state index >= 15 is 0 Å². The van der Waals surface area contributed by atoms with Crippen molar-refractivity contribution in [3.63, 3.8) is 0 Å². The predicted molar refractivity (Wildman–Crippen MR) is 68.3 cm³/mol. The Morgan fingerprint density at radius 2 is 2.11 bits per heavy atom. The highest BCUT2D eigenvalue weighted by Crippen LogP contribution is 2.21. The van der Waals surface area contributed by atoms with Crippen molar-refractivity contribution in [1.29, 1.82) is 0 Å². The lowest BCUT2D eigenvalue weighted by molar-refractivity contribution is -0.131. The van der Waals surface area contributed by atoms with E-state index in [1.54, 1.807) is 18.2 Å². The molecule has 2 rings (SSSR count). The molecule has 0 unspecified atom stereocenters. The van der Waals surface area contributed by atoms with Crippen molar-refractivity contribution in [2.45, 2.75) is 25.8 Å². The van der Waals surface area contributed by atoms with Gasteiger partial charge in [0.05, 0.1) is 0 Å². The summed E-state index contributed by atoms with van der Waals surface area (Å²) in [7, 11) is 0. The fourth-order valence-corrected chi connectivity index (χ4v) is 1.73. The number of rotatable bonds is 4. The number of carboxylic acid groups (broad SMARTS) is 1. The molecule has 0 bridgehead atoms. The molecule has 4 heteroatoms. The van der Waals surface area contributed by atoms with E-state index in [4.69, 9.17) is 5.11 Å². The molecule has 0 atom stereocenters. The van der Waals surface area contributed by atoms with E-state index in [-0.39, 0.29) is 5.91 Å². The number of hydrogen-bond acceptors (Lipinski definition) is 2. The van der Waals surface area contributed by atoms with Crippen molar-refractivity contribution in [2.24, 2.45) is 0 Å². The predicted octanol–water partition coefficient (Wildman–Crippen LogP) is 1.99. The van der Waals surface area contributed by atoms with Crippen LogP contribution >= 0.6 is 0 Å². The molecule has 1 aliphatic rings. The summed E-state index contributed by atoms with van der Waals surface area (Å²) in [5.74, 6) is -1.08. The maximum absolute atomic E-state index is 12.0. The Hall–Kier alpha value is -2.10. The van der Waals surface area contributed by atoms with Gasteiger partial charge in [0.2, 0.25) is 0 Å². The fraction of sp³-hybridized carbons (Fsp3) is 0.286. The van der Waals surface area contributed by atoms with Gasteiger partial charge in [-0.1, -0.05) is 12.1 Å². The van der Waals surface area contributed by atoms with Crippen LogP contribution < -0.4 is 5.32 Å². The van der Waals surface area contributed by atoms with Crippen molar-refractivity contribution in [3.8, 4) is 0 Å². The minimum absolute atomic E-state index is 0.0828. The van der Waals surface area contributed by atoms with Crippen LogP contribution in [0.25, 0.3) is 6.08 Å². The topological polar surface area (TPSA) is 66.4 Å². The van der Waals surface area contributed by atoms with Gasteiger partial charge in [0, 0.05) is 17.7 Å². The van der Waals surface area contributed by atoms with Crippen LogP contribution in [0.2, 0.25) is 0 Å². The van der Waals surface area contributed by atoms with E-state index in [0.29, 0.717) is 11.6 Å². The van der Waals surface area contributed by atoms with E-state index in [1.807, 2.05) is 6.92 Å². The Labute approximate surface area is 105 Å². The molecule has 1 saturated carbocycles. The summed E-state index contributed by atoms with van der Waals surface area (Å²) in [5.41, 5.74) is 2.16. The fourth-order valence-electron chi connectivity index (χ4n) is 1.73. The van der Waals surface area contributed by atoms with Gasteiger partial charge in [0.15, 0.2) is 0 Å². The monoisotopic (exact) mass is 245 g/mol. The molecule has 1 fully saturated rings. The molecule has 1 aromatic rings. The average Bonchev–Trinajstić information content (AvgIpc) is 3.11. The van der Waals surface area contributed by atoms with Gasteiger partial charge in [-0.3, -0.25) is 4.79 Å². The molecule has 0 aliphatic heterocycles. The van der Waals surface area contributed by atoms with Crippen molar-refractivity contribution in [3.05, 3.63) is 41.0 Å². The lowest BCUT2D eigenvalue weighted by atomic mass is 10.0. The van der Waals surface area contributed by atoms with Gasteiger partial charge >= 0.3 is 5.97 Å². The molecule has 0 aromatic heterocycles. The molecule has 1 aliphatic carbocycles. The minimum atomic E-state index is -0.998. The smallest absolute Gasteiger partial charge is 0.328 e. The highest BCUT2D eigenvalue weighted by Gasteiger charge is 2.24. The number of nitrogens with one attached hydrogen (secondary N) is 1. The zero-order chi connectivity index (χ0) is 13.1. The van der Waals surface area contributed by atoms with E-state index < -0.39 is 5.97 Å². The molecule has 0 radical (unpaired) electrons. The van der Waals surface area contributed by atoms with Crippen LogP contribution in [-0.4, -0.2) is 23.0 Å². The van der Waals surface area contributed by atoms with Crippen LogP contribution in [0.5, 0.6) is 0 Å². The molecule has 0 saturated heterocycles. The number of carboxylic acids is 1. The lowest BCUT2D eigenvalue weighted by Crippen LogP contribution is -2.26. The summed E-state index contributed by atoms with van der Waals surface area (Å²) in [5, 5.41) is 11.5. The standard InChI is InChI=1S/C14H15NO3/c1-9-10(5-8-13(16)17)3-2-4-12(9)14(18)15-11-6-7-11/h2-5,8,11H,6-7H2,1H3,(H,15,18)(H,16,17). The zero-order valence-corrected chi connectivity index (χ0v) is 10.1. The molecular formula is C14H15NO3. The van der Waals surface area contributed by atoms with E-state index in [2.05, 4.69) is 5.32 Å². The van der Waals surface area contributed by atoms with Crippen LogP contribution in [0.3, 0.4) is 0 Å². The van der Waals surface area contributed by atoms with Gasteiger partial charge in [-0.05, 0) is 43.0 Å². The molecule has 18 heavy (non-hydrogen) atoms. The number of amides is 1. The third-order valence-electron chi connectivity index (χ3n) is 2.94. The summed E-state index contributed by atoms with van der Waals surface area (Å²) >= 11 is 0. The Morgan fingerprint density at radius 3 is 2.72 bits per heavy atom. The normalized spacial score (nSPS) is 14.7. The van der Waals surface area contributed by atoms with Crippen molar-refractivity contribution in [2.75, 3.05) is 0 Å². The Morgan fingerprint density at radius 1 is 1.39 bits per heavy atom. The number of carbonyl (C=O) groups excluding carboxylic acids is 1. The third-order valence-corrected chi connectivity index (χ3v) is 2.94. The maximum atomic E-state index is 12.0. The average molecular weight is 245 g/mol. The molecule has 1 amide bonds. The highest BCUT2D eigenvalue weighted by molar-refractivity contribution is 5.97. The van der Waals surface area contributed by atoms with Gasteiger partial charge in [0.25, 0.3) is 5.91 Å². The molecule has 0 spiro atoms. The summed E-state index contributed by atoms with van der Waals surface area (Å²) in [6, 6.07) is 5.62.